The molecule has 0 spiro atoms. The second-order valence-corrected chi connectivity index (χ2v) is 5.83. The van der Waals surface area contributed by atoms with Crippen molar-refractivity contribution in [3.63, 3.8) is 0 Å². The molecular formula is C12H13Br2ClO2. The van der Waals surface area contributed by atoms with Gasteiger partial charge >= 0.3 is 0 Å². The van der Waals surface area contributed by atoms with Crippen LogP contribution in [0.2, 0.25) is 0 Å². The fourth-order valence-electron chi connectivity index (χ4n) is 1.25. The molecule has 0 aliphatic rings. The van der Waals surface area contributed by atoms with Crippen molar-refractivity contribution in [2.75, 3.05) is 11.9 Å². The Bertz CT molecular complexity index is 354. The lowest BCUT2D eigenvalue weighted by Crippen LogP contribution is -2.04. The van der Waals surface area contributed by atoms with Gasteiger partial charge in [-0.15, -0.1) is 0 Å². The standard InChI is InChI=1S/C12H13Br2ClO2/c13-8-10(14)2-1-7-17-11-5-3-9(4-6-11)12(15)16/h3-6,10H,1-2,7-8H2. The van der Waals surface area contributed by atoms with Crippen LogP contribution in [0.4, 0.5) is 0 Å². The van der Waals surface area contributed by atoms with E-state index in [0.29, 0.717) is 17.0 Å². The van der Waals surface area contributed by atoms with Crippen LogP contribution in [0.1, 0.15) is 23.2 Å². The SMILES string of the molecule is O=C(Cl)c1ccc(OCCCC(Br)CBr)cc1. The summed E-state index contributed by atoms with van der Waals surface area (Å²) in [6.45, 7) is 0.670. The molecule has 2 nitrogen and oxygen atoms in total. The van der Waals surface area contributed by atoms with Gasteiger partial charge in [-0.1, -0.05) is 31.9 Å². The average molecular weight is 384 g/mol. The maximum absolute atomic E-state index is 10.8. The lowest BCUT2D eigenvalue weighted by Gasteiger charge is -2.08. The zero-order chi connectivity index (χ0) is 12.7. The van der Waals surface area contributed by atoms with Crippen molar-refractivity contribution in [3.8, 4) is 5.75 Å². The van der Waals surface area contributed by atoms with Crippen molar-refractivity contribution in [2.24, 2.45) is 0 Å². The summed E-state index contributed by atoms with van der Waals surface area (Å²) in [6.07, 6.45) is 2.04. The van der Waals surface area contributed by atoms with Crippen LogP contribution in [-0.4, -0.2) is 22.0 Å². The van der Waals surface area contributed by atoms with E-state index in [0.717, 1.165) is 23.9 Å². The molecule has 0 bridgehead atoms. The predicted octanol–water partition coefficient (Wildman–Crippen LogP) is 4.38. The number of hydrogen-bond acceptors (Lipinski definition) is 2. The van der Waals surface area contributed by atoms with Gasteiger partial charge < -0.3 is 4.74 Å². The van der Waals surface area contributed by atoms with Crippen molar-refractivity contribution in [2.45, 2.75) is 17.7 Å². The minimum atomic E-state index is -0.448. The van der Waals surface area contributed by atoms with E-state index in [4.69, 9.17) is 16.3 Å². The van der Waals surface area contributed by atoms with Crippen LogP contribution >= 0.6 is 43.5 Å². The molecule has 0 heterocycles. The van der Waals surface area contributed by atoms with Crippen LogP contribution < -0.4 is 4.74 Å². The summed E-state index contributed by atoms with van der Waals surface area (Å²) < 4.78 is 5.55. The van der Waals surface area contributed by atoms with Crippen molar-refractivity contribution in [3.05, 3.63) is 29.8 Å². The summed E-state index contributed by atoms with van der Waals surface area (Å²) in [4.78, 5) is 11.3. The van der Waals surface area contributed by atoms with Gasteiger partial charge in [0.05, 0.1) is 6.61 Å². The summed E-state index contributed by atoms with van der Waals surface area (Å²) >= 11 is 12.3. The first-order chi connectivity index (χ1) is 8.13. The van der Waals surface area contributed by atoms with Crippen molar-refractivity contribution in [1.82, 2.24) is 0 Å². The Labute approximate surface area is 123 Å². The van der Waals surface area contributed by atoms with Crippen LogP contribution in [0.3, 0.4) is 0 Å². The largest absolute Gasteiger partial charge is 0.494 e. The number of rotatable bonds is 7. The summed E-state index contributed by atoms with van der Waals surface area (Å²) in [5.74, 6) is 0.761. The molecule has 0 aliphatic heterocycles. The first kappa shape index (κ1) is 15.0. The first-order valence-electron chi connectivity index (χ1n) is 5.26. The molecule has 0 N–H and O–H groups in total. The van der Waals surface area contributed by atoms with E-state index in [9.17, 15) is 4.79 Å². The fourth-order valence-corrected chi connectivity index (χ4v) is 2.03. The molecule has 1 atom stereocenters. The second kappa shape index (κ2) is 8.11. The van der Waals surface area contributed by atoms with Gasteiger partial charge in [-0.3, -0.25) is 4.79 Å². The summed E-state index contributed by atoms with van der Waals surface area (Å²) in [5, 5.41) is 0.496. The minimum Gasteiger partial charge on any atom is -0.494 e. The Morgan fingerprint density at radius 3 is 2.53 bits per heavy atom. The van der Waals surface area contributed by atoms with Gasteiger partial charge in [-0.2, -0.15) is 0 Å². The van der Waals surface area contributed by atoms with Gasteiger partial charge in [-0.05, 0) is 48.7 Å². The molecule has 1 aromatic rings. The molecule has 0 saturated carbocycles. The maximum atomic E-state index is 10.8. The van der Waals surface area contributed by atoms with E-state index in [-0.39, 0.29) is 0 Å². The number of ether oxygens (including phenoxy) is 1. The number of alkyl halides is 2. The molecule has 0 aromatic heterocycles. The van der Waals surface area contributed by atoms with E-state index in [2.05, 4.69) is 31.9 Å². The Morgan fingerprint density at radius 2 is 2.00 bits per heavy atom. The lowest BCUT2D eigenvalue weighted by molar-refractivity contribution is 0.108. The Hall–Kier alpha value is -0.0600. The van der Waals surface area contributed by atoms with E-state index >= 15 is 0 Å². The Morgan fingerprint density at radius 1 is 1.35 bits per heavy atom. The quantitative estimate of drug-likeness (QED) is 0.396. The zero-order valence-corrected chi connectivity index (χ0v) is 13.1. The predicted molar refractivity (Wildman–Crippen MR) is 77.9 cm³/mol. The van der Waals surface area contributed by atoms with Crippen molar-refractivity contribution >= 4 is 48.7 Å². The Balaban J connectivity index is 2.30. The van der Waals surface area contributed by atoms with Gasteiger partial charge in [0.1, 0.15) is 5.75 Å². The maximum Gasteiger partial charge on any atom is 0.252 e. The molecular weight excluding hydrogens is 371 g/mol. The number of carbonyl (C=O) groups excluding carboxylic acids is 1. The normalized spacial score (nSPS) is 12.2. The molecule has 0 amide bonds. The number of benzene rings is 1. The average Bonchev–Trinajstić information content (AvgIpc) is 2.34. The third kappa shape index (κ3) is 5.89. The molecule has 94 valence electrons. The highest BCUT2D eigenvalue weighted by Gasteiger charge is 2.03. The molecule has 1 aromatic carbocycles. The van der Waals surface area contributed by atoms with Crippen LogP contribution in [0.15, 0.2) is 24.3 Å². The third-order valence-electron chi connectivity index (χ3n) is 2.18. The summed E-state index contributed by atoms with van der Waals surface area (Å²) in [7, 11) is 0. The van der Waals surface area contributed by atoms with Gasteiger partial charge in [0.25, 0.3) is 5.24 Å². The monoisotopic (exact) mass is 382 g/mol. The molecule has 0 radical (unpaired) electrons. The topological polar surface area (TPSA) is 26.3 Å². The van der Waals surface area contributed by atoms with Crippen LogP contribution in [0, 0.1) is 0 Å². The van der Waals surface area contributed by atoms with Gasteiger partial charge in [0.2, 0.25) is 0 Å². The van der Waals surface area contributed by atoms with Crippen molar-refractivity contribution < 1.29 is 9.53 Å². The fraction of sp³-hybridized carbons (Fsp3) is 0.417. The Kier molecular flexibility index (Phi) is 7.16. The van der Waals surface area contributed by atoms with Gasteiger partial charge in [0, 0.05) is 15.7 Å². The minimum absolute atomic E-state index is 0.448. The van der Waals surface area contributed by atoms with Gasteiger partial charge in [0.15, 0.2) is 0 Å². The van der Waals surface area contributed by atoms with Gasteiger partial charge in [-0.25, -0.2) is 0 Å². The smallest absolute Gasteiger partial charge is 0.252 e. The number of hydrogen-bond donors (Lipinski definition) is 0. The molecule has 1 rings (SSSR count). The highest BCUT2D eigenvalue weighted by molar-refractivity contribution is 9.12. The summed E-state index contributed by atoms with van der Waals surface area (Å²) in [6, 6.07) is 6.84. The lowest BCUT2D eigenvalue weighted by atomic mass is 10.2. The number of carbonyl (C=O) groups is 1. The second-order valence-electron chi connectivity index (χ2n) is 3.54. The molecule has 0 fully saturated rings. The molecule has 17 heavy (non-hydrogen) atoms. The zero-order valence-electron chi connectivity index (χ0n) is 9.17. The van der Waals surface area contributed by atoms with Crippen LogP contribution in [0.25, 0.3) is 0 Å². The number of halogens is 3. The summed E-state index contributed by atoms with van der Waals surface area (Å²) in [5.41, 5.74) is 0.485. The molecule has 5 heteroatoms. The molecule has 1 unspecified atom stereocenters. The molecule has 0 aliphatic carbocycles. The highest BCUT2D eigenvalue weighted by Crippen LogP contribution is 2.15. The van der Waals surface area contributed by atoms with Crippen molar-refractivity contribution in [1.29, 1.82) is 0 Å². The van der Waals surface area contributed by atoms with E-state index in [1.807, 2.05) is 0 Å². The van der Waals surface area contributed by atoms with E-state index in [1.165, 1.54) is 0 Å². The first-order valence-corrected chi connectivity index (χ1v) is 7.67. The van der Waals surface area contributed by atoms with Crippen LogP contribution in [0.5, 0.6) is 5.75 Å². The van der Waals surface area contributed by atoms with Crippen LogP contribution in [-0.2, 0) is 0 Å². The molecule has 0 saturated heterocycles. The van der Waals surface area contributed by atoms with E-state index < -0.39 is 5.24 Å². The van der Waals surface area contributed by atoms with E-state index in [1.54, 1.807) is 24.3 Å². The third-order valence-corrected chi connectivity index (χ3v) is 4.83. The highest BCUT2D eigenvalue weighted by atomic mass is 79.9.